The standard InChI is InChI=1S/C14H7F4N3O/c15-9-1-3-10(4-2-9)21-13(22)11-5-8(14(16,17)18)7-20-12(11)6-19/h1-5,7H,(H,21,22). The summed E-state index contributed by atoms with van der Waals surface area (Å²) in [5.41, 5.74) is -1.92. The van der Waals surface area contributed by atoms with Crippen molar-refractivity contribution in [2.24, 2.45) is 0 Å². The van der Waals surface area contributed by atoms with Gasteiger partial charge in [-0.3, -0.25) is 4.79 Å². The molecule has 0 fully saturated rings. The van der Waals surface area contributed by atoms with E-state index in [0.29, 0.717) is 12.3 Å². The van der Waals surface area contributed by atoms with Gasteiger partial charge in [0, 0.05) is 11.9 Å². The number of aromatic nitrogens is 1. The van der Waals surface area contributed by atoms with Crippen molar-refractivity contribution < 1.29 is 22.4 Å². The van der Waals surface area contributed by atoms with Gasteiger partial charge < -0.3 is 5.32 Å². The molecule has 2 aromatic rings. The molecule has 1 N–H and O–H groups in total. The summed E-state index contributed by atoms with van der Waals surface area (Å²) in [5, 5.41) is 11.1. The highest BCUT2D eigenvalue weighted by atomic mass is 19.4. The number of benzene rings is 1. The lowest BCUT2D eigenvalue weighted by Crippen LogP contribution is -2.16. The number of hydrogen-bond donors (Lipinski definition) is 1. The van der Waals surface area contributed by atoms with E-state index in [4.69, 9.17) is 5.26 Å². The number of nitrogens with zero attached hydrogens (tertiary/aromatic N) is 2. The second kappa shape index (κ2) is 5.81. The largest absolute Gasteiger partial charge is 0.417 e. The smallest absolute Gasteiger partial charge is 0.322 e. The minimum absolute atomic E-state index is 0.174. The van der Waals surface area contributed by atoms with Gasteiger partial charge in [0.2, 0.25) is 0 Å². The number of nitrogens with one attached hydrogen (secondary N) is 1. The van der Waals surface area contributed by atoms with E-state index in [1.54, 1.807) is 6.07 Å². The van der Waals surface area contributed by atoms with Crippen LogP contribution in [0, 0.1) is 17.1 Å². The van der Waals surface area contributed by atoms with Crippen molar-refractivity contribution in [3.63, 3.8) is 0 Å². The number of nitriles is 1. The van der Waals surface area contributed by atoms with Gasteiger partial charge in [0.1, 0.15) is 11.9 Å². The third-order valence-corrected chi connectivity index (χ3v) is 2.67. The number of hydrogen-bond acceptors (Lipinski definition) is 3. The SMILES string of the molecule is N#Cc1ncc(C(F)(F)F)cc1C(=O)Nc1ccc(F)cc1. The molecule has 4 nitrogen and oxygen atoms in total. The Morgan fingerprint density at radius 1 is 1.23 bits per heavy atom. The number of amides is 1. The molecule has 0 aliphatic carbocycles. The molecule has 0 unspecified atom stereocenters. The van der Waals surface area contributed by atoms with Crippen molar-refractivity contribution in [1.29, 1.82) is 5.26 Å². The summed E-state index contributed by atoms with van der Waals surface area (Å²) < 4.78 is 50.7. The van der Waals surface area contributed by atoms with Gasteiger partial charge in [0.15, 0.2) is 5.69 Å². The topological polar surface area (TPSA) is 65.8 Å². The van der Waals surface area contributed by atoms with Crippen LogP contribution in [-0.4, -0.2) is 10.9 Å². The molecule has 112 valence electrons. The fourth-order valence-electron chi connectivity index (χ4n) is 1.61. The summed E-state index contributed by atoms with van der Waals surface area (Å²) in [4.78, 5) is 15.3. The maximum atomic E-state index is 12.8. The van der Waals surface area contributed by atoms with Crippen molar-refractivity contribution in [3.05, 3.63) is 59.2 Å². The molecule has 1 amide bonds. The van der Waals surface area contributed by atoms with Gasteiger partial charge in [-0.15, -0.1) is 0 Å². The molecule has 0 atom stereocenters. The summed E-state index contributed by atoms with van der Waals surface area (Å²) in [6.45, 7) is 0. The number of rotatable bonds is 2. The van der Waals surface area contributed by atoms with Gasteiger partial charge in [0.05, 0.1) is 11.1 Å². The molecule has 0 saturated carbocycles. The zero-order chi connectivity index (χ0) is 16.3. The van der Waals surface area contributed by atoms with Crippen LogP contribution in [0.5, 0.6) is 0 Å². The van der Waals surface area contributed by atoms with Crippen LogP contribution in [0.3, 0.4) is 0 Å². The Hall–Kier alpha value is -2.95. The monoisotopic (exact) mass is 309 g/mol. The van der Waals surface area contributed by atoms with E-state index in [1.807, 2.05) is 0 Å². The normalized spacial score (nSPS) is 10.9. The van der Waals surface area contributed by atoms with Gasteiger partial charge in [-0.25, -0.2) is 9.37 Å². The van der Waals surface area contributed by atoms with Crippen molar-refractivity contribution in [2.75, 3.05) is 5.32 Å². The van der Waals surface area contributed by atoms with E-state index in [-0.39, 0.29) is 5.69 Å². The van der Waals surface area contributed by atoms with Crippen molar-refractivity contribution in [1.82, 2.24) is 4.98 Å². The lowest BCUT2D eigenvalue weighted by Gasteiger charge is -2.10. The number of pyridine rings is 1. The average molecular weight is 309 g/mol. The van der Waals surface area contributed by atoms with Gasteiger partial charge in [-0.1, -0.05) is 0 Å². The summed E-state index contributed by atoms with van der Waals surface area (Å²) >= 11 is 0. The summed E-state index contributed by atoms with van der Waals surface area (Å²) in [5.74, 6) is -1.47. The van der Waals surface area contributed by atoms with Crippen LogP contribution in [0.1, 0.15) is 21.6 Å². The molecule has 0 saturated heterocycles. The number of alkyl halides is 3. The van der Waals surface area contributed by atoms with Crippen molar-refractivity contribution in [3.8, 4) is 6.07 Å². The first kappa shape index (κ1) is 15.4. The number of anilines is 1. The molecule has 8 heteroatoms. The summed E-state index contributed by atoms with van der Waals surface area (Å²) in [6.07, 6.45) is -4.21. The fourth-order valence-corrected chi connectivity index (χ4v) is 1.61. The molecule has 0 radical (unpaired) electrons. The molecular formula is C14H7F4N3O. The first-order chi connectivity index (χ1) is 10.3. The second-order valence-electron chi connectivity index (χ2n) is 4.19. The number of halogens is 4. The molecule has 1 heterocycles. The van der Waals surface area contributed by atoms with E-state index in [0.717, 1.165) is 12.1 Å². The van der Waals surface area contributed by atoms with Crippen LogP contribution in [0.2, 0.25) is 0 Å². The maximum absolute atomic E-state index is 12.8. The predicted octanol–water partition coefficient (Wildman–Crippen LogP) is 3.36. The number of carbonyl (C=O) groups excluding carboxylic acids is 1. The highest BCUT2D eigenvalue weighted by Crippen LogP contribution is 2.29. The zero-order valence-electron chi connectivity index (χ0n) is 10.8. The molecule has 0 aliphatic rings. The van der Waals surface area contributed by atoms with Gasteiger partial charge in [-0.2, -0.15) is 18.4 Å². The third kappa shape index (κ3) is 3.38. The van der Waals surface area contributed by atoms with E-state index in [2.05, 4.69) is 10.3 Å². The second-order valence-corrected chi connectivity index (χ2v) is 4.19. The van der Waals surface area contributed by atoms with E-state index in [9.17, 15) is 22.4 Å². The minimum atomic E-state index is -4.69. The molecule has 0 bridgehead atoms. The highest BCUT2D eigenvalue weighted by Gasteiger charge is 2.32. The molecule has 0 spiro atoms. The summed E-state index contributed by atoms with van der Waals surface area (Å²) in [7, 11) is 0. The Bertz CT molecular complexity index is 748. The van der Waals surface area contributed by atoms with E-state index in [1.165, 1.54) is 12.1 Å². The molecule has 22 heavy (non-hydrogen) atoms. The third-order valence-electron chi connectivity index (χ3n) is 2.67. The molecular weight excluding hydrogens is 302 g/mol. The van der Waals surface area contributed by atoms with E-state index >= 15 is 0 Å². The van der Waals surface area contributed by atoms with Crippen LogP contribution in [0.25, 0.3) is 0 Å². The first-order valence-electron chi connectivity index (χ1n) is 5.85. The fraction of sp³-hybridized carbons (Fsp3) is 0.0714. The molecule has 2 rings (SSSR count). The van der Waals surface area contributed by atoms with Crippen LogP contribution >= 0.6 is 0 Å². The maximum Gasteiger partial charge on any atom is 0.417 e. The highest BCUT2D eigenvalue weighted by molar-refractivity contribution is 6.05. The summed E-state index contributed by atoms with van der Waals surface area (Å²) in [6, 6.07) is 6.72. The Kier molecular flexibility index (Phi) is 4.08. The van der Waals surface area contributed by atoms with Crippen LogP contribution in [-0.2, 0) is 6.18 Å². The molecule has 1 aromatic heterocycles. The van der Waals surface area contributed by atoms with Crippen LogP contribution in [0.4, 0.5) is 23.2 Å². The zero-order valence-corrected chi connectivity index (χ0v) is 10.8. The van der Waals surface area contributed by atoms with Crippen molar-refractivity contribution in [2.45, 2.75) is 6.18 Å². The lowest BCUT2D eigenvalue weighted by atomic mass is 10.1. The van der Waals surface area contributed by atoms with E-state index < -0.39 is 34.7 Å². The first-order valence-corrected chi connectivity index (χ1v) is 5.85. The van der Waals surface area contributed by atoms with Crippen molar-refractivity contribution >= 4 is 11.6 Å². The number of carbonyl (C=O) groups is 1. The quantitative estimate of drug-likeness (QED) is 0.865. The Balaban J connectivity index is 2.35. The van der Waals surface area contributed by atoms with Crippen LogP contribution < -0.4 is 5.32 Å². The molecule has 1 aromatic carbocycles. The van der Waals surface area contributed by atoms with Gasteiger partial charge >= 0.3 is 6.18 Å². The van der Waals surface area contributed by atoms with Gasteiger partial charge in [-0.05, 0) is 30.3 Å². The Labute approximate surface area is 122 Å². The Morgan fingerprint density at radius 2 is 1.86 bits per heavy atom. The average Bonchev–Trinajstić information content (AvgIpc) is 2.48. The van der Waals surface area contributed by atoms with Crippen LogP contribution in [0.15, 0.2) is 36.5 Å². The lowest BCUT2D eigenvalue weighted by molar-refractivity contribution is -0.137. The Morgan fingerprint density at radius 3 is 2.41 bits per heavy atom. The predicted molar refractivity (Wildman–Crippen MR) is 68.3 cm³/mol. The van der Waals surface area contributed by atoms with Gasteiger partial charge in [0.25, 0.3) is 5.91 Å². The molecule has 0 aliphatic heterocycles. The minimum Gasteiger partial charge on any atom is -0.322 e.